The van der Waals surface area contributed by atoms with Crippen molar-refractivity contribution in [2.24, 2.45) is 0 Å². The zero-order chi connectivity index (χ0) is 9.59. The van der Waals surface area contributed by atoms with E-state index < -0.39 is 0 Å². The Balaban J connectivity index is 3.01. The number of nitrogens with one attached hydrogen (secondary N) is 1. The van der Waals surface area contributed by atoms with Crippen molar-refractivity contribution in [3.63, 3.8) is 0 Å². The summed E-state index contributed by atoms with van der Waals surface area (Å²) in [4.78, 5) is 18.7. The van der Waals surface area contributed by atoms with Crippen LogP contribution in [0.3, 0.4) is 0 Å². The van der Waals surface area contributed by atoms with Crippen LogP contribution in [0.4, 0.5) is 0 Å². The van der Waals surface area contributed by atoms with Gasteiger partial charge in [-0.25, -0.2) is 0 Å². The molecule has 0 aromatic carbocycles. The summed E-state index contributed by atoms with van der Waals surface area (Å²) < 4.78 is 1.29. The maximum absolute atomic E-state index is 11.6. The number of aromatic amines is 1. The van der Waals surface area contributed by atoms with Gasteiger partial charge in [0.15, 0.2) is 0 Å². The van der Waals surface area contributed by atoms with E-state index in [0.29, 0.717) is 17.2 Å². The van der Waals surface area contributed by atoms with E-state index in [-0.39, 0.29) is 5.56 Å². The number of aromatic nitrogens is 4. The smallest absolute Gasteiger partial charge is 0.278 e. The second kappa shape index (κ2) is 2.42. The highest BCUT2D eigenvalue weighted by Crippen LogP contribution is 1.99. The molecule has 13 heavy (non-hydrogen) atoms. The first kappa shape index (κ1) is 7.97. The molecule has 1 N–H and O–H groups in total. The van der Waals surface area contributed by atoms with E-state index in [0.717, 1.165) is 5.69 Å². The molecule has 0 bridgehead atoms. The Morgan fingerprint density at radius 3 is 2.69 bits per heavy atom. The second-order valence-corrected chi connectivity index (χ2v) is 3.07. The fraction of sp³-hybridized carbons (Fsp3) is 0.375. The lowest BCUT2D eigenvalue weighted by Crippen LogP contribution is -2.19. The summed E-state index contributed by atoms with van der Waals surface area (Å²) in [5, 5.41) is 3.98. The minimum Gasteiger partial charge on any atom is -0.328 e. The molecule has 0 aliphatic rings. The summed E-state index contributed by atoms with van der Waals surface area (Å²) in [5.74, 6) is 1.10. The molecule has 0 aliphatic carbocycles. The third-order valence-corrected chi connectivity index (χ3v) is 2.09. The van der Waals surface area contributed by atoms with Crippen LogP contribution in [0.1, 0.15) is 17.1 Å². The van der Waals surface area contributed by atoms with Crippen molar-refractivity contribution in [1.82, 2.24) is 19.6 Å². The highest BCUT2D eigenvalue weighted by Gasteiger charge is 2.07. The maximum atomic E-state index is 11.6. The molecule has 2 aromatic heterocycles. The summed E-state index contributed by atoms with van der Waals surface area (Å²) in [6, 6.07) is 0. The minimum atomic E-state index is -0.105. The maximum Gasteiger partial charge on any atom is 0.278 e. The van der Waals surface area contributed by atoms with Gasteiger partial charge in [-0.3, -0.25) is 4.79 Å². The molecular formula is C8H10N4O. The van der Waals surface area contributed by atoms with Crippen LogP contribution >= 0.6 is 0 Å². The van der Waals surface area contributed by atoms with Gasteiger partial charge >= 0.3 is 0 Å². The quantitative estimate of drug-likeness (QED) is 0.632. The van der Waals surface area contributed by atoms with Crippen LogP contribution in [-0.4, -0.2) is 19.6 Å². The molecule has 0 amide bonds. The molecular weight excluding hydrogens is 168 g/mol. The van der Waals surface area contributed by atoms with Crippen molar-refractivity contribution in [1.29, 1.82) is 0 Å². The van der Waals surface area contributed by atoms with Gasteiger partial charge < -0.3 is 4.98 Å². The number of hydrogen-bond donors (Lipinski definition) is 1. The normalized spacial score (nSPS) is 11.0. The highest BCUT2D eigenvalue weighted by molar-refractivity contribution is 5.30. The van der Waals surface area contributed by atoms with Gasteiger partial charge in [0.05, 0.1) is 0 Å². The SMILES string of the molecule is Cc1nc2[nH]c(C)c(C)c(=O)n2n1. The first-order chi connectivity index (χ1) is 6.09. The Labute approximate surface area is 74.4 Å². The lowest BCUT2D eigenvalue weighted by atomic mass is 10.3. The lowest BCUT2D eigenvalue weighted by molar-refractivity contribution is 0.859. The van der Waals surface area contributed by atoms with E-state index in [2.05, 4.69) is 15.1 Å². The summed E-state index contributed by atoms with van der Waals surface area (Å²) in [6.45, 7) is 5.37. The van der Waals surface area contributed by atoms with Crippen molar-refractivity contribution in [2.45, 2.75) is 20.8 Å². The Bertz CT molecular complexity index is 523. The highest BCUT2D eigenvalue weighted by atomic mass is 16.1. The number of H-pyrrole nitrogens is 1. The third kappa shape index (κ3) is 1.04. The molecule has 0 atom stereocenters. The molecule has 5 heteroatoms. The fourth-order valence-electron chi connectivity index (χ4n) is 1.22. The number of rotatable bonds is 0. The average Bonchev–Trinajstić information content (AvgIpc) is 2.42. The number of aryl methyl sites for hydroxylation is 2. The number of fused-ring (bicyclic) bond motifs is 1. The summed E-state index contributed by atoms with van der Waals surface area (Å²) in [5.41, 5.74) is 1.41. The molecule has 2 aromatic rings. The van der Waals surface area contributed by atoms with E-state index in [1.54, 1.807) is 13.8 Å². The van der Waals surface area contributed by atoms with E-state index in [9.17, 15) is 4.79 Å². The molecule has 0 radical (unpaired) electrons. The van der Waals surface area contributed by atoms with Crippen LogP contribution in [0.25, 0.3) is 5.78 Å². The van der Waals surface area contributed by atoms with Gasteiger partial charge in [0.1, 0.15) is 5.82 Å². The molecule has 2 heterocycles. The van der Waals surface area contributed by atoms with Gasteiger partial charge in [-0.15, -0.1) is 5.10 Å². The molecule has 2 rings (SSSR count). The van der Waals surface area contributed by atoms with E-state index in [1.165, 1.54) is 4.52 Å². The fourth-order valence-corrected chi connectivity index (χ4v) is 1.22. The Morgan fingerprint density at radius 1 is 1.31 bits per heavy atom. The molecule has 0 unspecified atom stereocenters. The standard InChI is InChI=1S/C8H10N4O/c1-4-5(2)9-8-10-6(3)11-12(8)7(4)13/h1-3H3,(H,9,10,11). The summed E-state index contributed by atoms with van der Waals surface area (Å²) >= 11 is 0. The number of nitrogens with zero attached hydrogens (tertiary/aromatic N) is 3. The predicted molar refractivity (Wildman–Crippen MR) is 47.8 cm³/mol. The monoisotopic (exact) mass is 178 g/mol. The minimum absolute atomic E-state index is 0.105. The molecule has 0 saturated heterocycles. The zero-order valence-corrected chi connectivity index (χ0v) is 7.75. The largest absolute Gasteiger partial charge is 0.328 e. The van der Waals surface area contributed by atoms with E-state index in [4.69, 9.17) is 0 Å². The Kier molecular flexibility index (Phi) is 1.48. The van der Waals surface area contributed by atoms with E-state index >= 15 is 0 Å². The molecule has 0 aliphatic heterocycles. The van der Waals surface area contributed by atoms with Gasteiger partial charge in [-0.1, -0.05) is 0 Å². The first-order valence-corrected chi connectivity index (χ1v) is 4.02. The van der Waals surface area contributed by atoms with Crippen LogP contribution in [0.15, 0.2) is 4.79 Å². The molecule has 0 spiro atoms. The summed E-state index contributed by atoms with van der Waals surface area (Å²) in [7, 11) is 0. The Morgan fingerprint density at radius 2 is 2.00 bits per heavy atom. The topological polar surface area (TPSA) is 63.0 Å². The molecule has 0 saturated carbocycles. The van der Waals surface area contributed by atoms with Crippen molar-refractivity contribution in [2.75, 3.05) is 0 Å². The van der Waals surface area contributed by atoms with Crippen LogP contribution in [0, 0.1) is 20.8 Å². The van der Waals surface area contributed by atoms with E-state index in [1.807, 2.05) is 6.92 Å². The van der Waals surface area contributed by atoms with Gasteiger partial charge in [0, 0.05) is 11.3 Å². The van der Waals surface area contributed by atoms with Crippen LogP contribution in [0.2, 0.25) is 0 Å². The van der Waals surface area contributed by atoms with Gasteiger partial charge in [0.2, 0.25) is 5.78 Å². The molecule has 5 nitrogen and oxygen atoms in total. The number of hydrogen-bond acceptors (Lipinski definition) is 3. The zero-order valence-electron chi connectivity index (χ0n) is 7.75. The summed E-state index contributed by atoms with van der Waals surface area (Å²) in [6.07, 6.45) is 0. The van der Waals surface area contributed by atoms with Gasteiger partial charge in [-0.05, 0) is 20.8 Å². The second-order valence-electron chi connectivity index (χ2n) is 3.07. The molecule has 0 fully saturated rings. The van der Waals surface area contributed by atoms with Crippen molar-refractivity contribution in [3.8, 4) is 0 Å². The molecule has 68 valence electrons. The predicted octanol–water partition coefficient (Wildman–Crippen LogP) is 0.343. The van der Waals surface area contributed by atoms with Crippen molar-refractivity contribution in [3.05, 3.63) is 27.4 Å². The van der Waals surface area contributed by atoms with Gasteiger partial charge in [0.25, 0.3) is 5.56 Å². The van der Waals surface area contributed by atoms with Crippen LogP contribution in [0.5, 0.6) is 0 Å². The van der Waals surface area contributed by atoms with Crippen LogP contribution < -0.4 is 5.56 Å². The van der Waals surface area contributed by atoms with Crippen LogP contribution in [-0.2, 0) is 0 Å². The Hall–Kier alpha value is -1.65. The van der Waals surface area contributed by atoms with Gasteiger partial charge in [-0.2, -0.15) is 9.50 Å². The lowest BCUT2D eigenvalue weighted by Gasteiger charge is -1.98. The third-order valence-electron chi connectivity index (χ3n) is 2.09. The first-order valence-electron chi connectivity index (χ1n) is 4.02. The van der Waals surface area contributed by atoms with Crippen molar-refractivity contribution >= 4 is 5.78 Å². The average molecular weight is 178 g/mol. The van der Waals surface area contributed by atoms with Crippen molar-refractivity contribution < 1.29 is 0 Å².